The summed E-state index contributed by atoms with van der Waals surface area (Å²) in [5, 5.41) is 10.1. The van der Waals surface area contributed by atoms with Gasteiger partial charge in [0, 0.05) is 0 Å². The molecule has 1 aliphatic rings. The fourth-order valence-corrected chi connectivity index (χ4v) is 1.99. The quantitative estimate of drug-likeness (QED) is 0.597. The van der Waals surface area contributed by atoms with E-state index in [0.717, 1.165) is 12.8 Å². The van der Waals surface area contributed by atoms with Gasteiger partial charge in [0.2, 0.25) is 0 Å². The van der Waals surface area contributed by atoms with E-state index >= 15 is 0 Å². The van der Waals surface area contributed by atoms with Crippen LogP contribution in [0, 0.1) is 0 Å². The molecule has 0 radical (unpaired) electrons. The maximum Gasteiger partial charge on any atom is 0.0827 e. The third-order valence-electron chi connectivity index (χ3n) is 2.70. The van der Waals surface area contributed by atoms with E-state index in [0.29, 0.717) is 0 Å². The molecule has 0 aromatic carbocycles. The van der Waals surface area contributed by atoms with Crippen LogP contribution < -0.4 is 0 Å². The van der Waals surface area contributed by atoms with Crippen LogP contribution in [0.3, 0.4) is 0 Å². The van der Waals surface area contributed by atoms with Gasteiger partial charge in [0.15, 0.2) is 0 Å². The molecule has 1 rings (SSSR count). The number of allylic oxidation sites excluding steroid dienone is 1. The average Bonchev–Trinajstić information content (AvgIpc) is 1.99. The predicted molar refractivity (Wildman–Crippen MR) is 52.1 cm³/mol. The average molecular weight is 168 g/mol. The van der Waals surface area contributed by atoms with Gasteiger partial charge < -0.3 is 5.11 Å². The minimum atomic E-state index is -0.477. The van der Waals surface area contributed by atoms with Crippen molar-refractivity contribution in [1.29, 1.82) is 0 Å². The summed E-state index contributed by atoms with van der Waals surface area (Å²) in [6.45, 7) is 1.98. The van der Waals surface area contributed by atoms with Crippen molar-refractivity contribution in [2.75, 3.05) is 0 Å². The van der Waals surface area contributed by atoms with Gasteiger partial charge in [0.1, 0.15) is 0 Å². The fourth-order valence-electron chi connectivity index (χ4n) is 1.99. The fraction of sp³-hybridized carbons (Fsp3) is 0.818. The van der Waals surface area contributed by atoms with Crippen molar-refractivity contribution < 1.29 is 5.11 Å². The Bertz CT molecular complexity index is 141. The van der Waals surface area contributed by atoms with Crippen LogP contribution in [0.2, 0.25) is 0 Å². The summed E-state index contributed by atoms with van der Waals surface area (Å²) in [5.74, 6) is 0. The number of hydrogen-bond donors (Lipinski definition) is 1. The largest absolute Gasteiger partial charge is 0.386 e. The molecule has 12 heavy (non-hydrogen) atoms. The molecule has 0 spiro atoms. The van der Waals surface area contributed by atoms with Crippen LogP contribution in [0.15, 0.2) is 12.2 Å². The zero-order valence-corrected chi connectivity index (χ0v) is 8.05. The first-order valence-corrected chi connectivity index (χ1v) is 5.13. The lowest BCUT2D eigenvalue weighted by molar-refractivity contribution is 0.0619. The van der Waals surface area contributed by atoms with E-state index in [1.807, 2.05) is 19.1 Å². The van der Waals surface area contributed by atoms with E-state index in [1.165, 1.54) is 32.1 Å². The number of aliphatic hydroxyl groups is 1. The van der Waals surface area contributed by atoms with E-state index in [-0.39, 0.29) is 0 Å². The molecular formula is C11H20O. The number of rotatable bonds is 1. The Morgan fingerprint density at radius 3 is 2.00 bits per heavy atom. The van der Waals surface area contributed by atoms with Gasteiger partial charge in [-0.2, -0.15) is 0 Å². The Kier molecular flexibility index (Phi) is 3.80. The van der Waals surface area contributed by atoms with E-state index in [4.69, 9.17) is 0 Å². The Labute approximate surface area is 75.5 Å². The van der Waals surface area contributed by atoms with E-state index < -0.39 is 5.60 Å². The molecule has 1 nitrogen and oxygen atoms in total. The van der Waals surface area contributed by atoms with E-state index in [9.17, 15) is 5.11 Å². The molecule has 1 saturated carbocycles. The standard InChI is InChI=1S/C11H20O/c1-2-8-11(12)9-6-4-3-5-7-10-11/h2,8,12H,3-7,9-10H2,1H3/b8-2-. The minimum Gasteiger partial charge on any atom is -0.386 e. The van der Waals surface area contributed by atoms with Crippen molar-refractivity contribution in [1.82, 2.24) is 0 Å². The summed E-state index contributed by atoms with van der Waals surface area (Å²) in [6, 6.07) is 0. The summed E-state index contributed by atoms with van der Waals surface area (Å²) in [4.78, 5) is 0. The molecule has 1 fully saturated rings. The molecule has 0 atom stereocenters. The van der Waals surface area contributed by atoms with Gasteiger partial charge in [-0.25, -0.2) is 0 Å². The van der Waals surface area contributed by atoms with E-state index in [2.05, 4.69) is 0 Å². The highest BCUT2D eigenvalue weighted by molar-refractivity contribution is 4.99. The molecule has 0 saturated heterocycles. The third-order valence-corrected chi connectivity index (χ3v) is 2.70. The lowest BCUT2D eigenvalue weighted by atomic mass is 9.87. The SMILES string of the molecule is C/C=C\C1(O)CCCCCCC1. The van der Waals surface area contributed by atoms with Gasteiger partial charge >= 0.3 is 0 Å². The molecule has 0 heterocycles. The van der Waals surface area contributed by atoms with Gasteiger partial charge in [0.05, 0.1) is 5.60 Å². The summed E-state index contributed by atoms with van der Waals surface area (Å²) in [5.41, 5.74) is -0.477. The van der Waals surface area contributed by atoms with Crippen molar-refractivity contribution in [3.63, 3.8) is 0 Å². The second-order valence-electron chi connectivity index (χ2n) is 3.87. The van der Waals surface area contributed by atoms with Gasteiger partial charge in [0.25, 0.3) is 0 Å². The van der Waals surface area contributed by atoms with Crippen LogP contribution in [-0.2, 0) is 0 Å². The maximum atomic E-state index is 10.1. The van der Waals surface area contributed by atoms with Crippen molar-refractivity contribution in [3.05, 3.63) is 12.2 Å². The molecule has 70 valence electrons. The smallest absolute Gasteiger partial charge is 0.0827 e. The summed E-state index contributed by atoms with van der Waals surface area (Å²) in [7, 11) is 0. The zero-order chi connectivity index (χ0) is 8.86. The Hall–Kier alpha value is -0.300. The van der Waals surface area contributed by atoms with Crippen LogP contribution in [0.25, 0.3) is 0 Å². The lowest BCUT2D eigenvalue weighted by Crippen LogP contribution is -2.26. The van der Waals surface area contributed by atoms with Gasteiger partial charge in [-0.3, -0.25) is 0 Å². The minimum absolute atomic E-state index is 0.477. The van der Waals surface area contributed by atoms with Crippen molar-refractivity contribution in [3.8, 4) is 0 Å². The molecule has 0 aliphatic heterocycles. The van der Waals surface area contributed by atoms with Gasteiger partial charge in [-0.15, -0.1) is 0 Å². The first-order valence-electron chi connectivity index (χ1n) is 5.13. The molecular weight excluding hydrogens is 148 g/mol. The molecule has 0 aromatic heterocycles. The van der Waals surface area contributed by atoms with Crippen LogP contribution in [0.4, 0.5) is 0 Å². The van der Waals surface area contributed by atoms with E-state index in [1.54, 1.807) is 0 Å². The summed E-state index contributed by atoms with van der Waals surface area (Å²) >= 11 is 0. The third kappa shape index (κ3) is 2.98. The van der Waals surface area contributed by atoms with Crippen LogP contribution in [-0.4, -0.2) is 10.7 Å². The molecule has 0 unspecified atom stereocenters. The highest BCUT2D eigenvalue weighted by Gasteiger charge is 2.22. The van der Waals surface area contributed by atoms with Gasteiger partial charge in [-0.05, 0) is 19.8 Å². The highest BCUT2D eigenvalue weighted by atomic mass is 16.3. The molecule has 1 N–H and O–H groups in total. The highest BCUT2D eigenvalue weighted by Crippen LogP contribution is 2.27. The monoisotopic (exact) mass is 168 g/mol. The Morgan fingerprint density at radius 1 is 1.00 bits per heavy atom. The van der Waals surface area contributed by atoms with Crippen molar-refractivity contribution >= 4 is 0 Å². The van der Waals surface area contributed by atoms with Crippen LogP contribution >= 0.6 is 0 Å². The van der Waals surface area contributed by atoms with Crippen molar-refractivity contribution in [2.24, 2.45) is 0 Å². The predicted octanol–water partition coefficient (Wildman–Crippen LogP) is 3.04. The molecule has 0 amide bonds. The first-order chi connectivity index (χ1) is 5.77. The van der Waals surface area contributed by atoms with Crippen LogP contribution in [0.5, 0.6) is 0 Å². The summed E-state index contributed by atoms with van der Waals surface area (Å²) in [6.07, 6.45) is 12.2. The normalized spacial score (nSPS) is 25.2. The Balaban J connectivity index is 2.47. The molecule has 1 aliphatic carbocycles. The summed E-state index contributed by atoms with van der Waals surface area (Å²) < 4.78 is 0. The van der Waals surface area contributed by atoms with Crippen LogP contribution in [0.1, 0.15) is 51.9 Å². The number of hydrogen-bond acceptors (Lipinski definition) is 1. The topological polar surface area (TPSA) is 20.2 Å². The lowest BCUT2D eigenvalue weighted by Gasteiger charge is -2.26. The Morgan fingerprint density at radius 2 is 1.50 bits per heavy atom. The second-order valence-corrected chi connectivity index (χ2v) is 3.87. The van der Waals surface area contributed by atoms with Gasteiger partial charge in [-0.1, -0.05) is 44.3 Å². The molecule has 0 aromatic rings. The second kappa shape index (κ2) is 4.66. The molecule has 1 heteroatoms. The van der Waals surface area contributed by atoms with Crippen molar-refractivity contribution in [2.45, 2.75) is 57.5 Å². The first kappa shape index (κ1) is 9.79. The zero-order valence-electron chi connectivity index (χ0n) is 8.05. The molecule has 0 bridgehead atoms. The maximum absolute atomic E-state index is 10.1.